The highest BCUT2D eigenvalue weighted by Gasteiger charge is 2.45. The van der Waals surface area contributed by atoms with Crippen molar-refractivity contribution < 1.29 is 19.7 Å². The Labute approximate surface area is 114 Å². The van der Waals surface area contributed by atoms with Crippen LogP contribution in [-0.4, -0.2) is 61.8 Å². The Morgan fingerprint density at radius 1 is 1.45 bits per heavy atom. The Morgan fingerprint density at radius 3 is 2.90 bits per heavy atom. The number of hydrogen-bond acceptors (Lipinski definition) is 8. The van der Waals surface area contributed by atoms with Gasteiger partial charge in [0.1, 0.15) is 30.2 Å². The fourth-order valence-corrected chi connectivity index (χ4v) is 2.44. The maximum absolute atomic E-state index is 10.3. The van der Waals surface area contributed by atoms with Gasteiger partial charge in [0.25, 0.3) is 0 Å². The quantitative estimate of drug-likeness (QED) is 0.631. The van der Waals surface area contributed by atoms with Gasteiger partial charge in [-0.25, -0.2) is 15.0 Å². The smallest absolute Gasteiger partial charge is 0.167 e. The first kappa shape index (κ1) is 13.2. The van der Waals surface area contributed by atoms with Crippen LogP contribution in [-0.2, 0) is 9.47 Å². The Morgan fingerprint density at radius 2 is 2.25 bits per heavy atom. The zero-order chi connectivity index (χ0) is 14.3. The number of methoxy groups -OCH3 is 1. The van der Waals surface area contributed by atoms with Gasteiger partial charge in [-0.3, -0.25) is 4.57 Å². The highest BCUT2D eigenvalue weighted by molar-refractivity contribution is 5.81. The van der Waals surface area contributed by atoms with E-state index < -0.39 is 24.5 Å². The highest BCUT2D eigenvalue weighted by atomic mass is 16.6. The minimum Gasteiger partial charge on any atom is -0.394 e. The number of aromatic nitrogens is 4. The predicted octanol–water partition coefficient (Wildman–Crippen LogP) is -1.33. The van der Waals surface area contributed by atoms with Crippen molar-refractivity contribution >= 4 is 17.0 Å². The standard InChI is InChI=1S/C11H15N5O4/c1-19-8-5(2-17)20-11(7(8)18)16-4-15-6-9(12)13-3-14-10(6)16/h3-5,7-8,11,17-18H,2H2,1H3,(H2,12,13,14)/t5-,7?,8?,11-/m1/s1. The molecular formula is C11H15N5O4. The van der Waals surface area contributed by atoms with E-state index in [2.05, 4.69) is 15.0 Å². The number of nitrogen functional groups attached to an aromatic ring is 1. The molecule has 2 aromatic rings. The lowest BCUT2D eigenvalue weighted by molar-refractivity contribution is -0.0535. The minimum absolute atomic E-state index is 0.253. The molecule has 0 aromatic carbocycles. The molecule has 108 valence electrons. The molecule has 0 radical (unpaired) electrons. The third kappa shape index (κ3) is 1.83. The van der Waals surface area contributed by atoms with E-state index >= 15 is 0 Å². The molecule has 1 saturated heterocycles. The van der Waals surface area contributed by atoms with Crippen molar-refractivity contribution in [3.63, 3.8) is 0 Å². The number of rotatable bonds is 3. The summed E-state index contributed by atoms with van der Waals surface area (Å²) in [6.07, 6.45) is -0.162. The van der Waals surface area contributed by atoms with E-state index in [1.165, 1.54) is 19.8 Å². The number of nitrogens with two attached hydrogens (primary N) is 1. The molecular weight excluding hydrogens is 266 g/mol. The monoisotopic (exact) mass is 281 g/mol. The molecule has 3 heterocycles. The molecule has 2 unspecified atom stereocenters. The van der Waals surface area contributed by atoms with Crippen LogP contribution >= 0.6 is 0 Å². The highest BCUT2D eigenvalue weighted by Crippen LogP contribution is 2.32. The molecule has 0 amide bonds. The van der Waals surface area contributed by atoms with Gasteiger partial charge in [0.15, 0.2) is 17.7 Å². The summed E-state index contributed by atoms with van der Waals surface area (Å²) in [5, 5.41) is 19.5. The number of hydrogen-bond donors (Lipinski definition) is 3. The summed E-state index contributed by atoms with van der Waals surface area (Å²) >= 11 is 0. The summed E-state index contributed by atoms with van der Waals surface area (Å²) < 4.78 is 12.3. The van der Waals surface area contributed by atoms with Gasteiger partial charge >= 0.3 is 0 Å². The van der Waals surface area contributed by atoms with Crippen molar-refractivity contribution in [2.45, 2.75) is 24.5 Å². The predicted molar refractivity (Wildman–Crippen MR) is 67.5 cm³/mol. The second kappa shape index (κ2) is 4.94. The van der Waals surface area contributed by atoms with Crippen molar-refractivity contribution in [3.8, 4) is 0 Å². The molecule has 9 nitrogen and oxygen atoms in total. The van der Waals surface area contributed by atoms with E-state index in [0.717, 1.165) is 0 Å². The first-order chi connectivity index (χ1) is 9.67. The average molecular weight is 281 g/mol. The molecule has 0 saturated carbocycles. The van der Waals surface area contributed by atoms with Crippen LogP contribution in [0.15, 0.2) is 12.7 Å². The Hall–Kier alpha value is -1.81. The molecule has 1 fully saturated rings. The van der Waals surface area contributed by atoms with Gasteiger partial charge in [0, 0.05) is 7.11 Å². The van der Waals surface area contributed by atoms with E-state index in [-0.39, 0.29) is 12.4 Å². The van der Waals surface area contributed by atoms with E-state index in [0.29, 0.717) is 11.2 Å². The maximum Gasteiger partial charge on any atom is 0.167 e. The number of fused-ring (bicyclic) bond motifs is 1. The molecule has 0 aliphatic carbocycles. The molecule has 0 bridgehead atoms. The molecule has 0 spiro atoms. The Kier molecular flexibility index (Phi) is 3.26. The van der Waals surface area contributed by atoms with Gasteiger partial charge in [-0.05, 0) is 0 Å². The number of ether oxygens (including phenoxy) is 2. The zero-order valence-corrected chi connectivity index (χ0v) is 10.7. The van der Waals surface area contributed by atoms with Crippen LogP contribution in [0.2, 0.25) is 0 Å². The number of imidazole rings is 1. The number of aliphatic hydroxyl groups excluding tert-OH is 2. The van der Waals surface area contributed by atoms with Crippen molar-refractivity contribution in [3.05, 3.63) is 12.7 Å². The minimum atomic E-state index is -0.953. The average Bonchev–Trinajstić information content (AvgIpc) is 3.00. The number of nitrogens with zero attached hydrogens (tertiary/aromatic N) is 4. The maximum atomic E-state index is 10.3. The van der Waals surface area contributed by atoms with E-state index in [1.807, 2.05) is 0 Å². The van der Waals surface area contributed by atoms with Gasteiger partial charge in [-0.2, -0.15) is 0 Å². The first-order valence-electron chi connectivity index (χ1n) is 6.07. The van der Waals surface area contributed by atoms with Crippen LogP contribution in [0.25, 0.3) is 11.2 Å². The van der Waals surface area contributed by atoms with Crippen LogP contribution < -0.4 is 5.73 Å². The molecule has 2 aromatic heterocycles. The molecule has 3 rings (SSSR count). The fourth-order valence-electron chi connectivity index (χ4n) is 2.44. The van der Waals surface area contributed by atoms with Crippen LogP contribution in [0.3, 0.4) is 0 Å². The van der Waals surface area contributed by atoms with Gasteiger partial charge in [-0.1, -0.05) is 0 Å². The van der Waals surface area contributed by atoms with Gasteiger partial charge in [-0.15, -0.1) is 0 Å². The number of aliphatic hydroxyl groups is 2. The Balaban J connectivity index is 2.01. The van der Waals surface area contributed by atoms with E-state index in [4.69, 9.17) is 15.2 Å². The lowest BCUT2D eigenvalue weighted by atomic mass is 10.1. The summed E-state index contributed by atoms with van der Waals surface area (Å²) in [4.78, 5) is 12.1. The molecule has 9 heteroatoms. The number of anilines is 1. The summed E-state index contributed by atoms with van der Waals surface area (Å²) in [6.45, 7) is -0.254. The molecule has 1 aliphatic rings. The lowest BCUT2D eigenvalue weighted by Gasteiger charge is -2.17. The van der Waals surface area contributed by atoms with Crippen LogP contribution in [0.1, 0.15) is 6.23 Å². The van der Waals surface area contributed by atoms with Gasteiger partial charge in [0.05, 0.1) is 12.9 Å². The van der Waals surface area contributed by atoms with Crippen LogP contribution in [0.4, 0.5) is 5.82 Å². The normalized spacial score (nSPS) is 30.1. The largest absolute Gasteiger partial charge is 0.394 e. The van der Waals surface area contributed by atoms with E-state index in [9.17, 15) is 10.2 Å². The van der Waals surface area contributed by atoms with Gasteiger partial charge in [0.2, 0.25) is 0 Å². The second-order valence-electron chi connectivity index (χ2n) is 4.52. The lowest BCUT2D eigenvalue weighted by Crippen LogP contribution is -2.35. The topological polar surface area (TPSA) is 129 Å². The summed E-state index contributed by atoms with van der Waals surface area (Å²) in [5.41, 5.74) is 6.60. The van der Waals surface area contributed by atoms with Crippen molar-refractivity contribution in [2.75, 3.05) is 19.5 Å². The van der Waals surface area contributed by atoms with Crippen molar-refractivity contribution in [2.24, 2.45) is 0 Å². The van der Waals surface area contributed by atoms with Gasteiger partial charge < -0.3 is 25.4 Å². The summed E-state index contributed by atoms with van der Waals surface area (Å²) in [5.74, 6) is 0.253. The van der Waals surface area contributed by atoms with Crippen LogP contribution in [0.5, 0.6) is 0 Å². The van der Waals surface area contributed by atoms with Crippen LogP contribution in [0, 0.1) is 0 Å². The first-order valence-corrected chi connectivity index (χ1v) is 6.07. The SMILES string of the molecule is COC1C(O)[C@H](n2cnc3c(N)ncnc32)O[C@@H]1CO. The molecule has 4 atom stereocenters. The fraction of sp³-hybridized carbons (Fsp3) is 0.545. The summed E-state index contributed by atoms with van der Waals surface area (Å²) in [7, 11) is 1.45. The summed E-state index contributed by atoms with van der Waals surface area (Å²) in [6, 6.07) is 0. The third-order valence-electron chi connectivity index (χ3n) is 3.42. The Bertz CT molecular complexity index is 618. The molecule has 1 aliphatic heterocycles. The molecule has 20 heavy (non-hydrogen) atoms. The third-order valence-corrected chi connectivity index (χ3v) is 3.42. The second-order valence-corrected chi connectivity index (χ2v) is 4.52. The van der Waals surface area contributed by atoms with Crippen molar-refractivity contribution in [1.29, 1.82) is 0 Å². The molecule has 4 N–H and O–H groups in total. The van der Waals surface area contributed by atoms with Crippen molar-refractivity contribution in [1.82, 2.24) is 19.5 Å². The van der Waals surface area contributed by atoms with E-state index in [1.54, 1.807) is 4.57 Å². The zero-order valence-electron chi connectivity index (χ0n) is 10.7.